The third-order valence-corrected chi connectivity index (χ3v) is 7.39. The summed E-state index contributed by atoms with van der Waals surface area (Å²) < 4.78 is 17.0. The molecule has 1 unspecified atom stereocenters. The highest BCUT2D eigenvalue weighted by molar-refractivity contribution is 5.94. The summed E-state index contributed by atoms with van der Waals surface area (Å²) in [5, 5.41) is 0. The molecular formula is C31H46O5. The molecule has 0 bridgehead atoms. The topological polar surface area (TPSA) is 61.8 Å². The van der Waals surface area contributed by atoms with Gasteiger partial charge in [0.2, 0.25) is 0 Å². The lowest BCUT2D eigenvalue weighted by Gasteiger charge is -2.30. The van der Waals surface area contributed by atoms with Gasteiger partial charge in [-0.3, -0.25) is 9.59 Å². The molecular weight excluding hydrogens is 452 g/mol. The van der Waals surface area contributed by atoms with Crippen LogP contribution in [0.15, 0.2) is 30.3 Å². The van der Waals surface area contributed by atoms with Crippen molar-refractivity contribution in [2.24, 2.45) is 17.8 Å². The summed E-state index contributed by atoms with van der Waals surface area (Å²) in [6.45, 7) is 6.58. The maximum Gasteiger partial charge on any atom is 0.309 e. The lowest BCUT2D eigenvalue weighted by molar-refractivity contribution is -0.156. The van der Waals surface area contributed by atoms with Gasteiger partial charge in [-0.15, -0.1) is 0 Å². The molecule has 0 aliphatic heterocycles. The van der Waals surface area contributed by atoms with Crippen LogP contribution in [0.4, 0.5) is 0 Å². The van der Waals surface area contributed by atoms with Crippen LogP contribution < -0.4 is 0 Å². The van der Waals surface area contributed by atoms with E-state index in [0.29, 0.717) is 18.4 Å². The molecule has 0 spiro atoms. The van der Waals surface area contributed by atoms with Gasteiger partial charge >= 0.3 is 5.97 Å². The average Bonchev–Trinajstić information content (AvgIpc) is 3.39. The monoisotopic (exact) mass is 498 g/mol. The Morgan fingerprint density at radius 2 is 1.69 bits per heavy atom. The Labute approximate surface area is 218 Å². The molecule has 2 saturated carbocycles. The summed E-state index contributed by atoms with van der Waals surface area (Å²) in [4.78, 5) is 25.4. The van der Waals surface area contributed by atoms with Crippen molar-refractivity contribution in [1.29, 1.82) is 0 Å². The zero-order valence-corrected chi connectivity index (χ0v) is 22.6. The molecule has 0 heterocycles. The predicted molar refractivity (Wildman–Crippen MR) is 143 cm³/mol. The number of benzene rings is 1. The van der Waals surface area contributed by atoms with Crippen LogP contribution in [0.3, 0.4) is 0 Å². The van der Waals surface area contributed by atoms with Crippen molar-refractivity contribution in [3.8, 4) is 0 Å². The molecule has 0 aromatic heterocycles. The van der Waals surface area contributed by atoms with Gasteiger partial charge in [0.15, 0.2) is 12.1 Å². The van der Waals surface area contributed by atoms with Crippen molar-refractivity contribution in [3.63, 3.8) is 0 Å². The number of aryl methyl sites for hydroxylation is 1. The molecule has 200 valence electrons. The minimum Gasteiger partial charge on any atom is -0.462 e. The number of carbonyl (C=O) groups is 2. The van der Waals surface area contributed by atoms with E-state index < -0.39 is 6.29 Å². The molecule has 0 saturated heterocycles. The van der Waals surface area contributed by atoms with E-state index in [1.165, 1.54) is 37.7 Å². The first-order chi connectivity index (χ1) is 17.4. The zero-order valence-electron chi connectivity index (χ0n) is 22.6. The van der Waals surface area contributed by atoms with Gasteiger partial charge in [-0.1, -0.05) is 63.5 Å². The van der Waals surface area contributed by atoms with E-state index in [2.05, 4.69) is 26.0 Å². The molecule has 36 heavy (non-hydrogen) atoms. The molecule has 2 atom stereocenters. The molecule has 0 N–H and O–H groups in total. The number of carbonyl (C=O) groups excluding carboxylic acids is 2. The molecule has 0 radical (unpaired) electrons. The smallest absolute Gasteiger partial charge is 0.309 e. The molecule has 3 rings (SSSR count). The lowest BCUT2D eigenvalue weighted by Crippen LogP contribution is -2.30. The van der Waals surface area contributed by atoms with Gasteiger partial charge in [0.05, 0.1) is 12.5 Å². The highest BCUT2D eigenvalue weighted by atomic mass is 16.7. The number of esters is 1. The van der Waals surface area contributed by atoms with Crippen LogP contribution in [-0.2, 0) is 30.2 Å². The average molecular weight is 499 g/mol. The van der Waals surface area contributed by atoms with E-state index in [1.54, 1.807) is 6.08 Å². The number of ketones is 1. The van der Waals surface area contributed by atoms with Crippen LogP contribution in [0.25, 0.3) is 6.08 Å². The van der Waals surface area contributed by atoms with Gasteiger partial charge in [-0.25, -0.2) is 0 Å². The number of rotatable bonds is 14. The fraction of sp³-hybridized carbons (Fsp3) is 0.677. The fourth-order valence-corrected chi connectivity index (χ4v) is 5.33. The van der Waals surface area contributed by atoms with Crippen LogP contribution >= 0.6 is 0 Å². The SMILES string of the molecule is CC(C)COC(C)OCC(=O)/C=C/c1cccc(CC[C@H](C(=O)OC2CCCC2)C2CCCCC2)c1. The van der Waals surface area contributed by atoms with Crippen molar-refractivity contribution in [2.45, 2.75) is 104 Å². The van der Waals surface area contributed by atoms with E-state index in [9.17, 15) is 9.59 Å². The molecule has 1 aromatic carbocycles. The molecule has 2 aliphatic carbocycles. The van der Waals surface area contributed by atoms with E-state index in [-0.39, 0.29) is 30.4 Å². The van der Waals surface area contributed by atoms with Crippen LogP contribution in [0.5, 0.6) is 0 Å². The minimum atomic E-state index is -0.398. The van der Waals surface area contributed by atoms with Crippen molar-refractivity contribution in [1.82, 2.24) is 0 Å². The number of hydrogen-bond donors (Lipinski definition) is 0. The van der Waals surface area contributed by atoms with Gasteiger partial charge in [-0.2, -0.15) is 0 Å². The Morgan fingerprint density at radius 3 is 2.42 bits per heavy atom. The summed E-state index contributed by atoms with van der Waals surface area (Å²) in [5.41, 5.74) is 2.17. The van der Waals surface area contributed by atoms with Crippen LogP contribution in [0.1, 0.15) is 96.1 Å². The first-order valence-electron chi connectivity index (χ1n) is 14.1. The summed E-state index contributed by atoms with van der Waals surface area (Å²) in [5.74, 6) is 0.799. The van der Waals surface area contributed by atoms with Gasteiger partial charge in [0, 0.05) is 0 Å². The molecule has 5 nitrogen and oxygen atoms in total. The Hall–Kier alpha value is -1.98. The van der Waals surface area contributed by atoms with Crippen LogP contribution in [-0.4, -0.2) is 37.4 Å². The normalized spacial score (nSPS) is 19.1. The van der Waals surface area contributed by atoms with E-state index in [1.807, 2.05) is 25.1 Å². The number of hydrogen-bond acceptors (Lipinski definition) is 5. The molecule has 2 fully saturated rings. The highest BCUT2D eigenvalue weighted by Crippen LogP contribution is 2.34. The Bertz CT molecular complexity index is 833. The summed E-state index contributed by atoms with van der Waals surface area (Å²) in [6.07, 6.45) is 15.2. The Balaban J connectivity index is 1.52. The number of ether oxygens (including phenoxy) is 3. The van der Waals surface area contributed by atoms with Gasteiger partial charge in [0.25, 0.3) is 0 Å². The molecule has 0 amide bonds. The predicted octanol–water partition coefficient (Wildman–Crippen LogP) is 6.92. The van der Waals surface area contributed by atoms with Gasteiger partial charge < -0.3 is 14.2 Å². The molecule has 2 aliphatic rings. The Morgan fingerprint density at radius 1 is 0.972 bits per heavy atom. The fourth-order valence-electron chi connectivity index (χ4n) is 5.33. The summed E-state index contributed by atoms with van der Waals surface area (Å²) in [6, 6.07) is 8.23. The largest absolute Gasteiger partial charge is 0.462 e. The molecule has 1 aromatic rings. The third kappa shape index (κ3) is 10.2. The summed E-state index contributed by atoms with van der Waals surface area (Å²) in [7, 11) is 0. The van der Waals surface area contributed by atoms with E-state index in [0.717, 1.165) is 44.1 Å². The minimum absolute atomic E-state index is 0.00161. The highest BCUT2D eigenvalue weighted by Gasteiger charge is 2.32. The van der Waals surface area contributed by atoms with Crippen molar-refractivity contribution < 1.29 is 23.8 Å². The van der Waals surface area contributed by atoms with Crippen LogP contribution in [0, 0.1) is 17.8 Å². The summed E-state index contributed by atoms with van der Waals surface area (Å²) >= 11 is 0. The standard InChI is InChI=1S/C31H46O5/c1-23(2)21-34-24(3)35-22-28(32)18-16-25-10-9-11-26(20-25)17-19-30(27-12-5-4-6-13-27)31(33)36-29-14-7-8-15-29/h9-11,16,18,20,23-24,27,29-30H,4-8,12-15,17,19,21-22H2,1-3H3/b18-16+/t24?,30-/m0/s1. The second kappa shape index (κ2) is 15.3. The van der Waals surface area contributed by atoms with Gasteiger partial charge in [0.1, 0.15) is 12.7 Å². The quantitative estimate of drug-likeness (QED) is 0.158. The van der Waals surface area contributed by atoms with Gasteiger partial charge in [-0.05, 0) is 87.3 Å². The third-order valence-electron chi connectivity index (χ3n) is 7.39. The lowest BCUT2D eigenvalue weighted by atomic mass is 9.77. The van der Waals surface area contributed by atoms with Crippen molar-refractivity contribution in [3.05, 3.63) is 41.5 Å². The molecule has 5 heteroatoms. The zero-order chi connectivity index (χ0) is 25.8. The maximum atomic E-state index is 13.2. The van der Waals surface area contributed by atoms with E-state index >= 15 is 0 Å². The van der Waals surface area contributed by atoms with Crippen molar-refractivity contribution in [2.75, 3.05) is 13.2 Å². The van der Waals surface area contributed by atoms with Crippen LogP contribution in [0.2, 0.25) is 0 Å². The second-order valence-corrected chi connectivity index (χ2v) is 11.0. The Kier molecular flexibility index (Phi) is 12.2. The first-order valence-corrected chi connectivity index (χ1v) is 14.1. The maximum absolute atomic E-state index is 13.2. The first kappa shape index (κ1) is 28.6. The van der Waals surface area contributed by atoms with E-state index in [4.69, 9.17) is 14.2 Å². The van der Waals surface area contributed by atoms with Crippen molar-refractivity contribution >= 4 is 17.8 Å². The second-order valence-electron chi connectivity index (χ2n) is 11.0.